The maximum absolute atomic E-state index is 12.8. The molecule has 138 valence electrons. The van der Waals surface area contributed by atoms with Gasteiger partial charge in [0.15, 0.2) is 0 Å². The molecule has 1 N–H and O–H groups in total. The largest absolute Gasteiger partial charge is 0.339 e. The van der Waals surface area contributed by atoms with Gasteiger partial charge in [0.05, 0.1) is 22.5 Å². The maximum Gasteiger partial charge on any atom is 0.267 e. The molecule has 2 heterocycles. The van der Waals surface area contributed by atoms with Crippen LogP contribution in [0.15, 0.2) is 24.4 Å². The molecular weight excluding hydrogens is 370 g/mol. The summed E-state index contributed by atoms with van der Waals surface area (Å²) in [4.78, 5) is 32.1. The Hall–Kier alpha value is -1.92. The molecule has 5 nitrogen and oxygen atoms in total. The molecule has 1 aliphatic heterocycles. The third-order valence-corrected chi connectivity index (χ3v) is 5.88. The molecule has 1 aromatic carbocycles. The number of hydrogen-bond acceptors (Lipinski definition) is 4. The van der Waals surface area contributed by atoms with Gasteiger partial charge in [-0.15, -0.1) is 11.3 Å². The van der Waals surface area contributed by atoms with Crippen molar-refractivity contribution in [3.05, 3.63) is 44.9 Å². The summed E-state index contributed by atoms with van der Waals surface area (Å²) in [6.45, 7) is 7.66. The van der Waals surface area contributed by atoms with Gasteiger partial charge in [0, 0.05) is 23.5 Å². The van der Waals surface area contributed by atoms with Gasteiger partial charge in [0.25, 0.3) is 11.8 Å². The van der Waals surface area contributed by atoms with Crippen molar-refractivity contribution in [1.29, 1.82) is 0 Å². The molecule has 1 aliphatic rings. The van der Waals surface area contributed by atoms with Crippen molar-refractivity contribution in [2.75, 3.05) is 18.4 Å². The Labute approximate surface area is 162 Å². The quantitative estimate of drug-likeness (QED) is 0.832. The van der Waals surface area contributed by atoms with Gasteiger partial charge in [-0.2, -0.15) is 0 Å². The van der Waals surface area contributed by atoms with Crippen molar-refractivity contribution < 1.29 is 9.59 Å². The van der Waals surface area contributed by atoms with Crippen LogP contribution in [0.3, 0.4) is 0 Å². The van der Waals surface area contributed by atoms with E-state index in [1.165, 1.54) is 11.3 Å². The monoisotopic (exact) mass is 391 g/mol. The van der Waals surface area contributed by atoms with E-state index in [0.29, 0.717) is 21.2 Å². The number of likely N-dealkylation sites (tertiary alicyclic amines) is 1. The fourth-order valence-corrected chi connectivity index (χ4v) is 3.85. The molecule has 1 saturated heterocycles. The third-order valence-electron chi connectivity index (χ3n) is 4.22. The number of aromatic nitrogens is 1. The number of hydrogen-bond donors (Lipinski definition) is 1. The molecule has 0 atom stereocenters. The molecule has 2 amide bonds. The second-order valence-electron chi connectivity index (χ2n) is 7.42. The molecule has 2 aromatic rings. The topological polar surface area (TPSA) is 62.3 Å². The molecule has 7 heteroatoms. The summed E-state index contributed by atoms with van der Waals surface area (Å²) in [7, 11) is 0. The highest BCUT2D eigenvalue weighted by Gasteiger charge is 2.24. The lowest BCUT2D eigenvalue weighted by molar-refractivity contribution is 0.0794. The minimum Gasteiger partial charge on any atom is -0.339 e. The number of amides is 2. The van der Waals surface area contributed by atoms with E-state index in [2.05, 4.69) is 31.1 Å². The van der Waals surface area contributed by atoms with Crippen LogP contribution >= 0.6 is 22.9 Å². The van der Waals surface area contributed by atoms with E-state index in [4.69, 9.17) is 11.6 Å². The Morgan fingerprint density at radius 3 is 2.54 bits per heavy atom. The van der Waals surface area contributed by atoms with Gasteiger partial charge in [-0.05, 0) is 31.0 Å². The minimum atomic E-state index is -0.282. The summed E-state index contributed by atoms with van der Waals surface area (Å²) < 4.78 is 0. The molecule has 0 unspecified atom stereocenters. The summed E-state index contributed by atoms with van der Waals surface area (Å²) in [5, 5.41) is 4.20. The van der Waals surface area contributed by atoms with Crippen LogP contribution in [0, 0.1) is 0 Å². The normalized spacial score (nSPS) is 14.5. The average molecular weight is 392 g/mol. The van der Waals surface area contributed by atoms with Gasteiger partial charge in [-0.3, -0.25) is 9.59 Å². The molecule has 3 rings (SSSR count). The second kappa shape index (κ2) is 7.37. The molecular formula is C19H22ClN3O2S. The summed E-state index contributed by atoms with van der Waals surface area (Å²) in [5.74, 6) is -0.357. The molecule has 0 spiro atoms. The van der Waals surface area contributed by atoms with Gasteiger partial charge in [-0.25, -0.2) is 4.98 Å². The van der Waals surface area contributed by atoms with Crippen LogP contribution in [-0.4, -0.2) is 34.8 Å². The first-order valence-electron chi connectivity index (χ1n) is 8.62. The van der Waals surface area contributed by atoms with Gasteiger partial charge in [0.2, 0.25) is 0 Å². The lowest BCUT2D eigenvalue weighted by Crippen LogP contribution is -2.28. The van der Waals surface area contributed by atoms with Crippen molar-refractivity contribution in [2.45, 2.75) is 39.0 Å². The smallest absolute Gasteiger partial charge is 0.267 e. The molecule has 0 saturated carbocycles. The molecule has 26 heavy (non-hydrogen) atoms. The number of nitrogens with zero attached hydrogens (tertiary/aromatic N) is 2. The highest BCUT2D eigenvalue weighted by molar-refractivity contribution is 7.13. The van der Waals surface area contributed by atoms with E-state index >= 15 is 0 Å². The fourth-order valence-electron chi connectivity index (χ4n) is 2.81. The number of thiazole rings is 1. The van der Waals surface area contributed by atoms with E-state index in [9.17, 15) is 9.59 Å². The van der Waals surface area contributed by atoms with Gasteiger partial charge in [-0.1, -0.05) is 32.4 Å². The number of anilines is 1. The molecule has 1 fully saturated rings. The van der Waals surface area contributed by atoms with Crippen molar-refractivity contribution in [3.8, 4) is 0 Å². The Bertz CT molecular complexity index is 836. The minimum absolute atomic E-state index is 0.0749. The lowest BCUT2D eigenvalue weighted by Gasteiger charge is -2.18. The number of carbonyl (C=O) groups excluding carboxylic acids is 2. The van der Waals surface area contributed by atoms with Crippen LogP contribution in [0.25, 0.3) is 0 Å². The maximum atomic E-state index is 12.8. The van der Waals surface area contributed by atoms with Crippen LogP contribution in [0.1, 0.15) is 58.7 Å². The summed E-state index contributed by atoms with van der Waals surface area (Å²) in [6, 6.07) is 4.96. The summed E-state index contributed by atoms with van der Waals surface area (Å²) in [6.07, 6.45) is 3.60. The van der Waals surface area contributed by atoms with E-state index in [0.717, 1.165) is 30.9 Å². The zero-order valence-electron chi connectivity index (χ0n) is 15.1. The van der Waals surface area contributed by atoms with E-state index < -0.39 is 0 Å². The van der Waals surface area contributed by atoms with Crippen molar-refractivity contribution >= 4 is 40.4 Å². The highest BCUT2D eigenvalue weighted by atomic mass is 35.5. The lowest BCUT2D eigenvalue weighted by atomic mass is 9.98. The van der Waals surface area contributed by atoms with Crippen LogP contribution in [-0.2, 0) is 5.41 Å². The predicted molar refractivity (Wildman–Crippen MR) is 105 cm³/mol. The van der Waals surface area contributed by atoms with Crippen LogP contribution in [0.5, 0.6) is 0 Å². The average Bonchev–Trinajstić information content (AvgIpc) is 3.26. The molecule has 0 radical (unpaired) electrons. The van der Waals surface area contributed by atoms with Crippen LogP contribution in [0.4, 0.5) is 5.69 Å². The Balaban J connectivity index is 1.84. The number of halogens is 1. The summed E-state index contributed by atoms with van der Waals surface area (Å²) in [5.41, 5.74) is 0.783. The molecule has 1 aromatic heterocycles. The van der Waals surface area contributed by atoms with Gasteiger partial charge >= 0.3 is 0 Å². The number of nitrogens with one attached hydrogen (secondary N) is 1. The van der Waals surface area contributed by atoms with Gasteiger partial charge in [0.1, 0.15) is 4.88 Å². The van der Waals surface area contributed by atoms with Crippen molar-refractivity contribution in [3.63, 3.8) is 0 Å². The Morgan fingerprint density at radius 1 is 1.23 bits per heavy atom. The zero-order valence-corrected chi connectivity index (χ0v) is 16.7. The Morgan fingerprint density at radius 2 is 1.92 bits per heavy atom. The number of rotatable bonds is 3. The van der Waals surface area contributed by atoms with Crippen molar-refractivity contribution in [2.24, 2.45) is 0 Å². The molecule has 0 bridgehead atoms. The van der Waals surface area contributed by atoms with Crippen molar-refractivity contribution in [1.82, 2.24) is 9.88 Å². The third kappa shape index (κ3) is 4.07. The zero-order chi connectivity index (χ0) is 18.9. The van der Waals surface area contributed by atoms with E-state index in [1.807, 2.05) is 4.90 Å². The fraction of sp³-hybridized carbons (Fsp3) is 0.421. The first kappa shape index (κ1) is 18.9. The molecule has 0 aliphatic carbocycles. The first-order valence-corrected chi connectivity index (χ1v) is 9.81. The van der Waals surface area contributed by atoms with E-state index in [-0.39, 0.29) is 17.2 Å². The van der Waals surface area contributed by atoms with E-state index in [1.54, 1.807) is 24.4 Å². The Kier molecular flexibility index (Phi) is 5.34. The first-order chi connectivity index (χ1) is 12.3. The van der Waals surface area contributed by atoms with Gasteiger partial charge < -0.3 is 10.2 Å². The van der Waals surface area contributed by atoms with Crippen LogP contribution < -0.4 is 5.32 Å². The highest BCUT2D eigenvalue weighted by Crippen LogP contribution is 2.29. The second-order valence-corrected chi connectivity index (χ2v) is 8.89. The number of carbonyl (C=O) groups is 2. The number of benzene rings is 1. The predicted octanol–water partition coefficient (Wildman–Crippen LogP) is 4.58. The SMILES string of the molecule is CC(C)(C)c1ncc(C(=O)Nc2cc(Cl)ccc2C(=O)N2CCCC2)s1. The summed E-state index contributed by atoms with van der Waals surface area (Å²) >= 11 is 7.45. The standard InChI is InChI=1S/C19H22ClN3O2S/c1-19(2,3)18-21-11-15(26-18)16(24)22-14-10-12(20)6-7-13(14)17(25)23-8-4-5-9-23/h6-7,10-11H,4-5,8-9H2,1-3H3,(H,22,24). The van der Waals surface area contributed by atoms with Crippen LogP contribution in [0.2, 0.25) is 5.02 Å².